The number of furan rings is 1. The van der Waals surface area contributed by atoms with Gasteiger partial charge in [0.15, 0.2) is 11.5 Å². The summed E-state index contributed by atoms with van der Waals surface area (Å²) in [5, 5.41) is 10.5. The smallest absolute Gasteiger partial charge is 0.290 e. The SMILES string of the molecule is O=C(C1=C(O)C(=O)N(CCc2ccc(F)cc2)C1c1cccnc1)c1ccco1. The molecule has 0 fully saturated rings. The standard InChI is InChI=1S/C22H17FN2O4/c23-16-7-5-14(6-8-16)9-11-25-19(15-3-1-10-24-13-15)18(21(27)22(25)28)20(26)17-4-2-12-29-17/h1-8,10,12-13,19,27H,9,11H2. The van der Waals surface area contributed by atoms with Gasteiger partial charge in [0.2, 0.25) is 5.78 Å². The van der Waals surface area contributed by atoms with Crippen molar-refractivity contribution in [2.24, 2.45) is 0 Å². The Kier molecular flexibility index (Phi) is 4.95. The Hall–Kier alpha value is -3.74. The maximum absolute atomic E-state index is 13.1. The van der Waals surface area contributed by atoms with Gasteiger partial charge < -0.3 is 14.4 Å². The molecular weight excluding hydrogens is 375 g/mol. The van der Waals surface area contributed by atoms with E-state index in [2.05, 4.69) is 4.98 Å². The number of hydrogen-bond donors (Lipinski definition) is 1. The molecule has 1 atom stereocenters. The van der Waals surface area contributed by atoms with Gasteiger partial charge in [-0.2, -0.15) is 0 Å². The zero-order valence-electron chi connectivity index (χ0n) is 15.3. The summed E-state index contributed by atoms with van der Waals surface area (Å²) >= 11 is 0. The van der Waals surface area contributed by atoms with E-state index >= 15 is 0 Å². The van der Waals surface area contributed by atoms with E-state index in [9.17, 15) is 19.1 Å². The van der Waals surface area contributed by atoms with Crippen molar-refractivity contribution in [2.75, 3.05) is 6.54 Å². The van der Waals surface area contributed by atoms with Gasteiger partial charge in [-0.05, 0) is 47.9 Å². The topological polar surface area (TPSA) is 83.6 Å². The fourth-order valence-electron chi connectivity index (χ4n) is 3.44. The minimum absolute atomic E-state index is 0.0358. The van der Waals surface area contributed by atoms with Crippen LogP contribution < -0.4 is 0 Å². The van der Waals surface area contributed by atoms with Gasteiger partial charge in [0, 0.05) is 18.9 Å². The Bertz CT molecular complexity index is 1060. The van der Waals surface area contributed by atoms with Crippen LogP contribution in [0.1, 0.15) is 27.7 Å². The zero-order valence-corrected chi connectivity index (χ0v) is 15.3. The third-order valence-electron chi connectivity index (χ3n) is 4.85. The van der Waals surface area contributed by atoms with E-state index in [0.717, 1.165) is 5.56 Å². The van der Waals surface area contributed by atoms with Crippen LogP contribution in [0.4, 0.5) is 4.39 Å². The molecule has 1 aliphatic heterocycles. The number of ketones is 1. The second kappa shape index (κ2) is 7.71. The molecule has 1 unspecified atom stereocenters. The maximum atomic E-state index is 13.1. The van der Waals surface area contributed by atoms with Crippen LogP contribution in [0, 0.1) is 5.82 Å². The Morgan fingerprint density at radius 1 is 1.17 bits per heavy atom. The highest BCUT2D eigenvalue weighted by Gasteiger charge is 2.44. The molecule has 0 bridgehead atoms. The molecule has 3 heterocycles. The van der Waals surface area contributed by atoms with Crippen molar-refractivity contribution >= 4 is 11.7 Å². The monoisotopic (exact) mass is 392 g/mol. The molecular formula is C22H17FN2O4. The van der Waals surface area contributed by atoms with E-state index in [0.29, 0.717) is 12.0 Å². The first kappa shape index (κ1) is 18.6. The molecule has 2 aromatic heterocycles. The summed E-state index contributed by atoms with van der Waals surface area (Å²) in [4.78, 5) is 31.3. The number of carbonyl (C=O) groups excluding carboxylic acids is 2. The van der Waals surface area contributed by atoms with Crippen molar-refractivity contribution in [3.05, 3.63) is 101 Å². The van der Waals surface area contributed by atoms with Crippen molar-refractivity contribution in [3.63, 3.8) is 0 Å². The Labute approximate surface area is 165 Å². The van der Waals surface area contributed by atoms with Crippen LogP contribution in [-0.2, 0) is 11.2 Å². The molecule has 1 N–H and O–H groups in total. The third-order valence-corrected chi connectivity index (χ3v) is 4.85. The van der Waals surface area contributed by atoms with Gasteiger partial charge in [0.05, 0.1) is 17.9 Å². The van der Waals surface area contributed by atoms with E-state index < -0.39 is 23.5 Å². The first-order valence-electron chi connectivity index (χ1n) is 9.03. The molecule has 4 rings (SSSR count). The number of pyridine rings is 1. The Balaban J connectivity index is 1.68. The number of nitrogens with zero attached hydrogens (tertiary/aromatic N) is 2. The van der Waals surface area contributed by atoms with Crippen LogP contribution in [0.15, 0.2) is 82.9 Å². The third kappa shape index (κ3) is 3.54. The van der Waals surface area contributed by atoms with Gasteiger partial charge in [-0.25, -0.2) is 4.39 Å². The molecule has 0 saturated heterocycles. The van der Waals surface area contributed by atoms with Gasteiger partial charge in [0.25, 0.3) is 5.91 Å². The van der Waals surface area contributed by atoms with E-state index in [1.54, 1.807) is 42.7 Å². The molecule has 1 aromatic carbocycles. The summed E-state index contributed by atoms with van der Waals surface area (Å²) in [6.45, 7) is 0.225. The number of hydrogen-bond acceptors (Lipinski definition) is 5. The molecule has 0 spiro atoms. The van der Waals surface area contributed by atoms with Crippen molar-refractivity contribution in [2.45, 2.75) is 12.5 Å². The number of rotatable bonds is 6. The lowest BCUT2D eigenvalue weighted by Gasteiger charge is -2.26. The lowest BCUT2D eigenvalue weighted by atomic mass is 9.96. The predicted molar refractivity (Wildman–Crippen MR) is 101 cm³/mol. The number of Topliss-reactive ketones (excluding diaryl/α,β-unsaturated/α-hetero) is 1. The molecule has 3 aromatic rings. The van der Waals surface area contributed by atoms with Crippen molar-refractivity contribution in [1.29, 1.82) is 0 Å². The van der Waals surface area contributed by atoms with Gasteiger partial charge in [0.1, 0.15) is 5.82 Å². The minimum atomic E-state index is -0.797. The highest BCUT2D eigenvalue weighted by molar-refractivity contribution is 6.14. The molecule has 0 aliphatic carbocycles. The van der Waals surface area contributed by atoms with Gasteiger partial charge >= 0.3 is 0 Å². The first-order chi connectivity index (χ1) is 14.1. The van der Waals surface area contributed by atoms with Gasteiger partial charge in [-0.1, -0.05) is 18.2 Å². The number of halogens is 1. The summed E-state index contributed by atoms with van der Waals surface area (Å²) in [5.41, 5.74) is 1.38. The molecule has 1 aliphatic rings. The number of amides is 1. The van der Waals surface area contributed by atoms with Crippen molar-refractivity contribution < 1.29 is 23.5 Å². The molecule has 7 heteroatoms. The van der Waals surface area contributed by atoms with Crippen LogP contribution in [0.2, 0.25) is 0 Å². The number of carbonyl (C=O) groups is 2. The highest BCUT2D eigenvalue weighted by atomic mass is 19.1. The van der Waals surface area contributed by atoms with Crippen LogP contribution in [0.25, 0.3) is 0 Å². The largest absolute Gasteiger partial charge is 0.503 e. The maximum Gasteiger partial charge on any atom is 0.290 e. The predicted octanol–water partition coefficient (Wildman–Crippen LogP) is 3.63. The molecule has 146 valence electrons. The van der Waals surface area contributed by atoms with E-state index in [1.807, 2.05) is 0 Å². The summed E-state index contributed by atoms with van der Waals surface area (Å²) in [5.74, 6) is -2.10. The fourth-order valence-corrected chi connectivity index (χ4v) is 3.44. The summed E-state index contributed by atoms with van der Waals surface area (Å²) in [6.07, 6.45) is 4.92. The summed E-state index contributed by atoms with van der Waals surface area (Å²) in [6, 6.07) is 11.7. The van der Waals surface area contributed by atoms with Crippen LogP contribution >= 0.6 is 0 Å². The molecule has 29 heavy (non-hydrogen) atoms. The van der Waals surface area contributed by atoms with Crippen LogP contribution in [0.5, 0.6) is 0 Å². The summed E-state index contributed by atoms with van der Waals surface area (Å²) < 4.78 is 18.3. The first-order valence-corrected chi connectivity index (χ1v) is 9.03. The lowest BCUT2D eigenvalue weighted by molar-refractivity contribution is -0.129. The zero-order chi connectivity index (χ0) is 20.4. The molecule has 0 saturated carbocycles. The summed E-state index contributed by atoms with van der Waals surface area (Å²) in [7, 11) is 0. The van der Waals surface area contributed by atoms with Crippen molar-refractivity contribution in [1.82, 2.24) is 9.88 Å². The molecule has 1 amide bonds. The normalized spacial score (nSPS) is 16.5. The molecule has 0 radical (unpaired) electrons. The second-order valence-corrected chi connectivity index (χ2v) is 6.63. The van der Waals surface area contributed by atoms with Crippen molar-refractivity contribution in [3.8, 4) is 0 Å². The number of aliphatic hydroxyl groups excluding tert-OH is 1. The average molecular weight is 392 g/mol. The average Bonchev–Trinajstić information content (AvgIpc) is 3.36. The molecule has 6 nitrogen and oxygen atoms in total. The van der Waals surface area contributed by atoms with E-state index in [4.69, 9.17) is 4.42 Å². The number of aliphatic hydroxyl groups is 1. The second-order valence-electron chi connectivity index (χ2n) is 6.63. The highest BCUT2D eigenvalue weighted by Crippen LogP contribution is 2.38. The van der Waals surface area contributed by atoms with E-state index in [-0.39, 0.29) is 23.7 Å². The lowest BCUT2D eigenvalue weighted by Crippen LogP contribution is -2.33. The minimum Gasteiger partial charge on any atom is -0.503 e. The van der Waals surface area contributed by atoms with Gasteiger partial charge in [-0.15, -0.1) is 0 Å². The Morgan fingerprint density at radius 3 is 2.62 bits per heavy atom. The van der Waals surface area contributed by atoms with E-state index in [1.165, 1.54) is 29.4 Å². The quantitative estimate of drug-likeness (QED) is 0.648. The number of aromatic nitrogens is 1. The van der Waals surface area contributed by atoms with Crippen LogP contribution in [-0.4, -0.2) is 33.2 Å². The number of benzene rings is 1. The van der Waals surface area contributed by atoms with Gasteiger partial charge in [-0.3, -0.25) is 14.6 Å². The fraction of sp³-hybridized carbons (Fsp3) is 0.136. The Morgan fingerprint density at radius 2 is 1.97 bits per heavy atom. The van der Waals surface area contributed by atoms with Crippen LogP contribution in [0.3, 0.4) is 0 Å².